The van der Waals surface area contributed by atoms with E-state index in [-0.39, 0.29) is 0 Å². The molecular weight excluding hydrogens is 236 g/mol. The molecule has 94 valence electrons. The highest BCUT2D eigenvalue weighted by Gasteiger charge is 2.07. The normalized spacial score (nSPS) is 10.5. The number of anilines is 1. The molecule has 0 saturated heterocycles. The van der Waals surface area contributed by atoms with Crippen molar-refractivity contribution in [3.8, 4) is 11.4 Å². The second-order valence-electron chi connectivity index (χ2n) is 4.39. The second-order valence-corrected chi connectivity index (χ2v) is 4.39. The predicted molar refractivity (Wildman–Crippen MR) is 75.4 cm³/mol. The van der Waals surface area contributed by atoms with Crippen LogP contribution in [0.25, 0.3) is 11.4 Å². The Kier molecular flexibility index (Phi) is 2.98. The van der Waals surface area contributed by atoms with Crippen LogP contribution < -0.4 is 5.73 Å². The van der Waals surface area contributed by atoms with Gasteiger partial charge in [0.25, 0.3) is 0 Å². The smallest absolute Gasteiger partial charge is 0.164 e. The summed E-state index contributed by atoms with van der Waals surface area (Å²) in [7, 11) is 0. The average molecular weight is 250 g/mol. The first kappa shape index (κ1) is 11.5. The summed E-state index contributed by atoms with van der Waals surface area (Å²) >= 11 is 0. The van der Waals surface area contributed by atoms with E-state index in [0.717, 1.165) is 23.6 Å². The zero-order chi connectivity index (χ0) is 13.1. The standard InChI is InChI=1S/C15H14N4/c16-14-8-6-13(7-9-14)15-18-17-11-19(15)10-12-4-2-1-3-5-12/h1-9,11H,10,16H2. The number of nitrogens with two attached hydrogens (primary N) is 1. The number of rotatable bonds is 3. The summed E-state index contributed by atoms with van der Waals surface area (Å²) in [5.41, 5.74) is 8.68. The maximum absolute atomic E-state index is 5.70. The quantitative estimate of drug-likeness (QED) is 0.727. The second kappa shape index (κ2) is 4.94. The lowest BCUT2D eigenvalue weighted by molar-refractivity contribution is 0.803. The van der Waals surface area contributed by atoms with Crippen LogP contribution in [0.4, 0.5) is 5.69 Å². The van der Waals surface area contributed by atoms with Crippen LogP contribution in [0, 0.1) is 0 Å². The summed E-state index contributed by atoms with van der Waals surface area (Å²) in [6, 6.07) is 17.9. The van der Waals surface area contributed by atoms with Crippen molar-refractivity contribution in [2.75, 3.05) is 5.73 Å². The number of nitrogen functional groups attached to an aromatic ring is 1. The molecule has 0 aliphatic carbocycles. The molecule has 0 radical (unpaired) electrons. The van der Waals surface area contributed by atoms with E-state index in [2.05, 4.69) is 22.3 Å². The first-order valence-electron chi connectivity index (χ1n) is 6.10. The molecule has 1 aromatic heterocycles. The zero-order valence-corrected chi connectivity index (χ0v) is 10.4. The van der Waals surface area contributed by atoms with E-state index in [9.17, 15) is 0 Å². The Balaban J connectivity index is 1.92. The van der Waals surface area contributed by atoms with Crippen molar-refractivity contribution in [1.29, 1.82) is 0 Å². The van der Waals surface area contributed by atoms with Crippen LogP contribution in [0.3, 0.4) is 0 Å². The molecular formula is C15H14N4. The third-order valence-corrected chi connectivity index (χ3v) is 2.98. The van der Waals surface area contributed by atoms with Gasteiger partial charge in [-0.05, 0) is 29.8 Å². The highest BCUT2D eigenvalue weighted by molar-refractivity contribution is 5.58. The number of aromatic nitrogens is 3. The Morgan fingerprint density at radius 2 is 1.68 bits per heavy atom. The van der Waals surface area contributed by atoms with Crippen molar-refractivity contribution >= 4 is 5.69 Å². The summed E-state index contributed by atoms with van der Waals surface area (Å²) in [4.78, 5) is 0. The number of hydrogen-bond donors (Lipinski definition) is 1. The minimum Gasteiger partial charge on any atom is -0.399 e. The molecule has 2 aromatic carbocycles. The SMILES string of the molecule is Nc1ccc(-c2nncn2Cc2ccccc2)cc1. The maximum atomic E-state index is 5.70. The lowest BCUT2D eigenvalue weighted by atomic mass is 10.2. The maximum Gasteiger partial charge on any atom is 0.164 e. The molecule has 0 fully saturated rings. The molecule has 4 heteroatoms. The number of hydrogen-bond acceptors (Lipinski definition) is 3. The van der Waals surface area contributed by atoms with Crippen molar-refractivity contribution in [2.24, 2.45) is 0 Å². The molecule has 0 spiro atoms. The predicted octanol–water partition coefficient (Wildman–Crippen LogP) is 2.58. The molecule has 2 N–H and O–H groups in total. The zero-order valence-electron chi connectivity index (χ0n) is 10.4. The summed E-state index contributed by atoms with van der Waals surface area (Å²) in [6.07, 6.45) is 1.75. The highest BCUT2D eigenvalue weighted by atomic mass is 15.3. The van der Waals surface area contributed by atoms with Crippen LogP contribution in [0.2, 0.25) is 0 Å². The van der Waals surface area contributed by atoms with Gasteiger partial charge in [-0.2, -0.15) is 0 Å². The first-order valence-corrected chi connectivity index (χ1v) is 6.10. The molecule has 19 heavy (non-hydrogen) atoms. The van der Waals surface area contributed by atoms with Gasteiger partial charge < -0.3 is 10.3 Å². The molecule has 0 atom stereocenters. The molecule has 0 saturated carbocycles. The summed E-state index contributed by atoms with van der Waals surface area (Å²) in [6.45, 7) is 0.757. The van der Waals surface area contributed by atoms with Crippen LogP contribution in [0.5, 0.6) is 0 Å². The van der Waals surface area contributed by atoms with Crippen molar-refractivity contribution in [3.63, 3.8) is 0 Å². The van der Waals surface area contributed by atoms with E-state index < -0.39 is 0 Å². The number of nitrogens with zero attached hydrogens (tertiary/aromatic N) is 3. The van der Waals surface area contributed by atoms with E-state index in [1.165, 1.54) is 5.56 Å². The summed E-state index contributed by atoms with van der Waals surface area (Å²) in [5, 5.41) is 8.18. The van der Waals surface area contributed by atoms with E-state index in [0.29, 0.717) is 0 Å². The van der Waals surface area contributed by atoms with Crippen molar-refractivity contribution in [1.82, 2.24) is 14.8 Å². The van der Waals surface area contributed by atoms with Crippen LogP contribution in [-0.2, 0) is 6.54 Å². The molecule has 0 bridgehead atoms. The fourth-order valence-electron chi connectivity index (χ4n) is 2.01. The van der Waals surface area contributed by atoms with E-state index >= 15 is 0 Å². The molecule has 0 aliphatic rings. The highest BCUT2D eigenvalue weighted by Crippen LogP contribution is 2.19. The van der Waals surface area contributed by atoms with E-state index in [1.54, 1.807) is 6.33 Å². The van der Waals surface area contributed by atoms with Gasteiger partial charge in [0.1, 0.15) is 6.33 Å². The third-order valence-electron chi connectivity index (χ3n) is 2.98. The van der Waals surface area contributed by atoms with Gasteiger partial charge in [-0.15, -0.1) is 10.2 Å². The molecule has 0 amide bonds. The van der Waals surface area contributed by atoms with E-state index in [4.69, 9.17) is 5.73 Å². The molecule has 3 aromatic rings. The Morgan fingerprint density at radius 3 is 2.42 bits per heavy atom. The Bertz CT molecular complexity index is 656. The largest absolute Gasteiger partial charge is 0.399 e. The summed E-state index contributed by atoms with van der Waals surface area (Å²) < 4.78 is 2.03. The van der Waals surface area contributed by atoms with Gasteiger partial charge in [0, 0.05) is 11.3 Å². The van der Waals surface area contributed by atoms with Gasteiger partial charge >= 0.3 is 0 Å². The minimum absolute atomic E-state index is 0.748. The van der Waals surface area contributed by atoms with Gasteiger partial charge in [-0.1, -0.05) is 30.3 Å². The fourth-order valence-corrected chi connectivity index (χ4v) is 2.01. The third kappa shape index (κ3) is 2.47. The monoisotopic (exact) mass is 250 g/mol. The van der Waals surface area contributed by atoms with Crippen LogP contribution >= 0.6 is 0 Å². The lowest BCUT2D eigenvalue weighted by Gasteiger charge is -2.07. The van der Waals surface area contributed by atoms with Crippen LogP contribution in [-0.4, -0.2) is 14.8 Å². The van der Waals surface area contributed by atoms with Crippen molar-refractivity contribution < 1.29 is 0 Å². The van der Waals surface area contributed by atoms with Crippen molar-refractivity contribution in [2.45, 2.75) is 6.54 Å². The van der Waals surface area contributed by atoms with Gasteiger partial charge in [0.2, 0.25) is 0 Å². The van der Waals surface area contributed by atoms with Crippen LogP contribution in [0.15, 0.2) is 60.9 Å². The topological polar surface area (TPSA) is 56.7 Å². The Morgan fingerprint density at radius 1 is 0.947 bits per heavy atom. The van der Waals surface area contributed by atoms with Crippen LogP contribution in [0.1, 0.15) is 5.56 Å². The molecule has 0 unspecified atom stereocenters. The summed E-state index contributed by atoms with van der Waals surface area (Å²) in [5.74, 6) is 0.851. The molecule has 0 aliphatic heterocycles. The van der Waals surface area contributed by atoms with Crippen molar-refractivity contribution in [3.05, 3.63) is 66.5 Å². The van der Waals surface area contributed by atoms with E-state index in [1.807, 2.05) is 47.0 Å². The molecule has 3 rings (SSSR count). The first-order chi connectivity index (χ1) is 9.33. The molecule has 4 nitrogen and oxygen atoms in total. The lowest BCUT2D eigenvalue weighted by Crippen LogP contribution is -2.01. The van der Waals surface area contributed by atoms with Gasteiger partial charge in [-0.3, -0.25) is 0 Å². The average Bonchev–Trinajstić information content (AvgIpc) is 2.89. The minimum atomic E-state index is 0.748. The molecule has 1 heterocycles. The van der Waals surface area contributed by atoms with Gasteiger partial charge in [0.05, 0.1) is 6.54 Å². The fraction of sp³-hybridized carbons (Fsp3) is 0.0667. The Labute approximate surface area is 111 Å². The van der Waals surface area contributed by atoms with Gasteiger partial charge in [0.15, 0.2) is 5.82 Å². The number of benzene rings is 2. The van der Waals surface area contributed by atoms with Gasteiger partial charge in [-0.25, -0.2) is 0 Å². The Hall–Kier alpha value is -2.62.